The minimum Gasteiger partial charge on any atom is -0.497 e. The Morgan fingerprint density at radius 2 is 1.09 bits per heavy atom. The Morgan fingerprint density at radius 3 is 1.66 bits per heavy atom. The number of ether oxygens (including phenoxy) is 1. The molecule has 5 heteroatoms. The van der Waals surface area contributed by atoms with Gasteiger partial charge >= 0.3 is 0 Å². The summed E-state index contributed by atoms with van der Waals surface area (Å²) in [4.78, 5) is 0. The van der Waals surface area contributed by atoms with Gasteiger partial charge in [-0.05, 0) is 59.7 Å². The van der Waals surface area contributed by atoms with Crippen molar-refractivity contribution in [1.82, 2.24) is 14.8 Å². The third-order valence-corrected chi connectivity index (χ3v) is 5.60. The second kappa shape index (κ2) is 8.69. The number of rotatable bonds is 5. The molecule has 1 heterocycles. The van der Waals surface area contributed by atoms with E-state index in [1.165, 1.54) is 5.56 Å². The molecule has 5 rings (SSSR count). The van der Waals surface area contributed by atoms with Gasteiger partial charge in [-0.2, -0.15) is 0 Å². The second-order valence-electron chi connectivity index (χ2n) is 7.33. The van der Waals surface area contributed by atoms with Crippen molar-refractivity contribution < 1.29 is 4.74 Å². The molecule has 0 aliphatic rings. The Bertz CT molecular complexity index is 1330. The normalized spacial score (nSPS) is 10.8. The Morgan fingerprint density at radius 1 is 0.594 bits per heavy atom. The fraction of sp³-hybridized carbons (Fsp3) is 0.0370. The summed E-state index contributed by atoms with van der Waals surface area (Å²) in [6.07, 6.45) is 0. The minimum absolute atomic E-state index is 0.682. The molecule has 0 radical (unpaired) electrons. The number of nitrogens with zero attached hydrogens (tertiary/aromatic N) is 3. The van der Waals surface area contributed by atoms with Crippen LogP contribution >= 0.6 is 11.6 Å². The molecule has 0 aliphatic heterocycles. The van der Waals surface area contributed by atoms with E-state index in [0.717, 1.165) is 39.8 Å². The summed E-state index contributed by atoms with van der Waals surface area (Å²) in [6, 6.07) is 34.2. The molecule has 4 aromatic carbocycles. The van der Waals surface area contributed by atoms with Crippen LogP contribution in [0.5, 0.6) is 5.75 Å². The molecule has 0 amide bonds. The van der Waals surface area contributed by atoms with Crippen molar-refractivity contribution in [2.75, 3.05) is 7.11 Å². The highest BCUT2D eigenvalue weighted by atomic mass is 35.5. The van der Waals surface area contributed by atoms with Gasteiger partial charge in [-0.3, -0.25) is 4.57 Å². The van der Waals surface area contributed by atoms with E-state index in [4.69, 9.17) is 16.3 Å². The predicted molar refractivity (Wildman–Crippen MR) is 129 cm³/mol. The predicted octanol–water partition coefficient (Wildman–Crippen LogP) is 6.93. The molecule has 0 aliphatic carbocycles. The highest BCUT2D eigenvalue weighted by molar-refractivity contribution is 6.30. The van der Waals surface area contributed by atoms with Crippen LogP contribution < -0.4 is 4.74 Å². The van der Waals surface area contributed by atoms with Crippen LogP contribution in [0.2, 0.25) is 5.02 Å². The molecule has 5 aromatic rings. The molecule has 0 bridgehead atoms. The van der Waals surface area contributed by atoms with Crippen molar-refractivity contribution in [3.63, 3.8) is 0 Å². The van der Waals surface area contributed by atoms with Gasteiger partial charge in [-0.25, -0.2) is 0 Å². The maximum absolute atomic E-state index is 6.14. The van der Waals surface area contributed by atoms with Gasteiger partial charge in [0.05, 0.1) is 7.11 Å². The summed E-state index contributed by atoms with van der Waals surface area (Å²) in [7, 11) is 1.66. The number of methoxy groups -OCH3 is 1. The molecular weight excluding hydrogens is 418 g/mol. The number of hydrogen-bond donors (Lipinski definition) is 0. The van der Waals surface area contributed by atoms with Crippen molar-refractivity contribution in [1.29, 1.82) is 0 Å². The van der Waals surface area contributed by atoms with E-state index in [2.05, 4.69) is 51.2 Å². The van der Waals surface area contributed by atoms with Crippen molar-refractivity contribution in [2.45, 2.75) is 0 Å². The Labute approximate surface area is 191 Å². The van der Waals surface area contributed by atoms with Gasteiger partial charge in [0.15, 0.2) is 11.6 Å². The second-order valence-corrected chi connectivity index (χ2v) is 7.77. The summed E-state index contributed by atoms with van der Waals surface area (Å²) in [6.45, 7) is 0. The quantitative estimate of drug-likeness (QED) is 0.299. The van der Waals surface area contributed by atoms with Gasteiger partial charge in [-0.15, -0.1) is 10.2 Å². The van der Waals surface area contributed by atoms with E-state index in [-0.39, 0.29) is 0 Å². The molecule has 1 aromatic heterocycles. The lowest BCUT2D eigenvalue weighted by Gasteiger charge is -2.12. The molecule has 0 spiro atoms. The molecule has 4 nitrogen and oxygen atoms in total. The van der Waals surface area contributed by atoms with Crippen LogP contribution in [-0.2, 0) is 0 Å². The van der Waals surface area contributed by atoms with E-state index >= 15 is 0 Å². The highest BCUT2D eigenvalue weighted by Gasteiger charge is 2.17. The summed E-state index contributed by atoms with van der Waals surface area (Å²) < 4.78 is 7.35. The van der Waals surface area contributed by atoms with E-state index in [1.807, 2.05) is 66.7 Å². The number of hydrogen-bond acceptors (Lipinski definition) is 3. The monoisotopic (exact) mass is 437 g/mol. The maximum atomic E-state index is 6.14. The zero-order chi connectivity index (χ0) is 21.9. The van der Waals surface area contributed by atoms with Crippen molar-refractivity contribution >= 4 is 11.6 Å². The average molecular weight is 438 g/mol. The summed E-state index contributed by atoms with van der Waals surface area (Å²) >= 11 is 6.14. The first-order valence-electron chi connectivity index (χ1n) is 10.2. The van der Waals surface area contributed by atoms with Gasteiger partial charge in [0.2, 0.25) is 0 Å². The van der Waals surface area contributed by atoms with Crippen LogP contribution in [0.4, 0.5) is 0 Å². The van der Waals surface area contributed by atoms with Gasteiger partial charge in [0.1, 0.15) is 5.75 Å². The number of benzene rings is 4. The SMILES string of the molecule is COc1ccc(-c2nnc(-c3ccc(-c4ccccc4)cc3)n2-c2ccc(Cl)cc2)cc1. The minimum atomic E-state index is 0.682. The fourth-order valence-corrected chi connectivity index (χ4v) is 3.80. The van der Waals surface area contributed by atoms with E-state index < -0.39 is 0 Å². The smallest absolute Gasteiger partial charge is 0.168 e. The van der Waals surface area contributed by atoms with Crippen LogP contribution in [0.15, 0.2) is 103 Å². The van der Waals surface area contributed by atoms with E-state index in [9.17, 15) is 0 Å². The Balaban J connectivity index is 1.62. The van der Waals surface area contributed by atoms with Crippen LogP contribution in [0.3, 0.4) is 0 Å². The zero-order valence-electron chi connectivity index (χ0n) is 17.4. The first kappa shape index (κ1) is 20.0. The van der Waals surface area contributed by atoms with Gasteiger partial charge in [0.25, 0.3) is 0 Å². The first-order valence-corrected chi connectivity index (χ1v) is 10.6. The van der Waals surface area contributed by atoms with Gasteiger partial charge < -0.3 is 4.74 Å². The summed E-state index contributed by atoms with van der Waals surface area (Å²) in [5.41, 5.74) is 5.19. The van der Waals surface area contributed by atoms with E-state index in [0.29, 0.717) is 5.02 Å². The molecule has 0 saturated heterocycles. The van der Waals surface area contributed by atoms with E-state index in [1.54, 1.807) is 7.11 Å². The van der Waals surface area contributed by atoms with Crippen LogP contribution in [0.1, 0.15) is 0 Å². The maximum Gasteiger partial charge on any atom is 0.168 e. The van der Waals surface area contributed by atoms with Crippen LogP contribution in [-0.4, -0.2) is 21.9 Å². The van der Waals surface area contributed by atoms with Crippen molar-refractivity contribution in [3.8, 4) is 45.3 Å². The highest BCUT2D eigenvalue weighted by Crippen LogP contribution is 2.31. The summed E-state index contributed by atoms with van der Waals surface area (Å²) in [5, 5.41) is 9.77. The molecule has 0 unspecified atom stereocenters. The lowest BCUT2D eigenvalue weighted by molar-refractivity contribution is 0.415. The lowest BCUT2D eigenvalue weighted by Crippen LogP contribution is -2.00. The van der Waals surface area contributed by atoms with Gasteiger partial charge in [-0.1, -0.05) is 66.2 Å². The average Bonchev–Trinajstić information content (AvgIpc) is 3.30. The summed E-state index contributed by atoms with van der Waals surface area (Å²) in [5.74, 6) is 2.30. The fourth-order valence-electron chi connectivity index (χ4n) is 3.68. The van der Waals surface area contributed by atoms with Crippen LogP contribution in [0, 0.1) is 0 Å². The molecule has 0 atom stereocenters. The standard InChI is InChI=1S/C27H20ClN3O/c1-32-25-17-11-22(12-18-25)27-30-29-26(31(27)24-15-13-23(28)14-16-24)21-9-7-20(8-10-21)19-5-3-2-4-6-19/h2-18H,1H3. The van der Waals surface area contributed by atoms with Crippen molar-refractivity contribution in [3.05, 3.63) is 108 Å². The third kappa shape index (κ3) is 3.88. The van der Waals surface area contributed by atoms with Gasteiger partial charge in [0, 0.05) is 21.8 Å². The molecule has 0 saturated carbocycles. The molecule has 0 fully saturated rings. The molecule has 0 N–H and O–H groups in total. The largest absolute Gasteiger partial charge is 0.497 e. The third-order valence-electron chi connectivity index (χ3n) is 5.35. The topological polar surface area (TPSA) is 39.9 Å². The Kier molecular flexibility index (Phi) is 5.44. The van der Waals surface area contributed by atoms with Crippen LogP contribution in [0.25, 0.3) is 39.6 Å². The zero-order valence-corrected chi connectivity index (χ0v) is 18.2. The molecular formula is C27H20ClN3O. The number of halogens is 1. The molecule has 156 valence electrons. The first-order chi connectivity index (χ1) is 15.7. The molecule has 32 heavy (non-hydrogen) atoms. The Hall–Kier alpha value is -3.89. The van der Waals surface area contributed by atoms with Crippen molar-refractivity contribution in [2.24, 2.45) is 0 Å². The lowest BCUT2D eigenvalue weighted by atomic mass is 10.0. The number of aromatic nitrogens is 3.